The van der Waals surface area contributed by atoms with Gasteiger partial charge in [0.25, 0.3) is 5.56 Å². The van der Waals surface area contributed by atoms with Crippen molar-refractivity contribution in [3.05, 3.63) is 57.1 Å². The van der Waals surface area contributed by atoms with E-state index in [2.05, 4.69) is 11.6 Å². The molecule has 0 radical (unpaired) electrons. The van der Waals surface area contributed by atoms with Crippen molar-refractivity contribution in [1.82, 2.24) is 18.7 Å². The summed E-state index contributed by atoms with van der Waals surface area (Å²) >= 11 is 0. The van der Waals surface area contributed by atoms with Gasteiger partial charge in [-0.1, -0.05) is 12.2 Å². The summed E-state index contributed by atoms with van der Waals surface area (Å²) in [5.74, 6) is 1.51. The molecule has 1 aliphatic heterocycles. The van der Waals surface area contributed by atoms with E-state index in [0.29, 0.717) is 30.2 Å². The zero-order chi connectivity index (χ0) is 17.7. The molecule has 0 spiro atoms. The zero-order valence-corrected chi connectivity index (χ0v) is 14.2. The minimum absolute atomic E-state index is 0.206. The summed E-state index contributed by atoms with van der Waals surface area (Å²) in [5, 5.41) is 0. The number of hydrogen-bond acceptors (Lipinski definition) is 5. The number of hydrogen-bond donors (Lipinski definition) is 0. The first kappa shape index (κ1) is 15.5. The maximum absolute atomic E-state index is 12.9. The van der Waals surface area contributed by atoms with Crippen molar-refractivity contribution in [2.24, 2.45) is 7.05 Å². The molecule has 0 aromatic carbocycles. The lowest BCUT2D eigenvalue weighted by molar-refractivity contribution is 0.504. The fraction of sp³-hybridized carbons (Fsp3) is 0.353. The van der Waals surface area contributed by atoms with Crippen LogP contribution in [0.3, 0.4) is 0 Å². The second kappa shape index (κ2) is 5.51. The van der Waals surface area contributed by atoms with E-state index in [1.165, 1.54) is 9.13 Å². The van der Waals surface area contributed by atoms with Crippen molar-refractivity contribution in [2.75, 3.05) is 11.4 Å². The Kier molecular flexibility index (Phi) is 3.41. The Morgan fingerprint density at radius 1 is 1.36 bits per heavy atom. The molecule has 130 valence electrons. The minimum atomic E-state index is -0.380. The van der Waals surface area contributed by atoms with Crippen LogP contribution < -0.4 is 16.1 Å². The van der Waals surface area contributed by atoms with Crippen LogP contribution in [0.5, 0.6) is 0 Å². The van der Waals surface area contributed by atoms with E-state index >= 15 is 0 Å². The highest BCUT2D eigenvalue weighted by atomic mass is 16.3. The Hall–Kier alpha value is -3.03. The van der Waals surface area contributed by atoms with Gasteiger partial charge >= 0.3 is 5.69 Å². The van der Waals surface area contributed by atoms with Crippen LogP contribution in [0.1, 0.15) is 12.7 Å². The lowest BCUT2D eigenvalue weighted by Crippen LogP contribution is -2.39. The minimum Gasteiger partial charge on any atom is -0.467 e. The summed E-state index contributed by atoms with van der Waals surface area (Å²) in [6.07, 6.45) is 1.63. The van der Waals surface area contributed by atoms with Gasteiger partial charge in [-0.25, -0.2) is 4.79 Å². The van der Waals surface area contributed by atoms with Gasteiger partial charge in [0.1, 0.15) is 5.76 Å². The van der Waals surface area contributed by atoms with Crippen LogP contribution in [0.25, 0.3) is 11.2 Å². The Morgan fingerprint density at radius 3 is 2.84 bits per heavy atom. The lowest BCUT2D eigenvalue weighted by Gasteiger charge is -2.13. The van der Waals surface area contributed by atoms with Gasteiger partial charge in [-0.2, -0.15) is 4.98 Å². The van der Waals surface area contributed by atoms with E-state index in [-0.39, 0.29) is 17.8 Å². The van der Waals surface area contributed by atoms with E-state index < -0.39 is 0 Å². The molecular weight excluding hydrogens is 322 g/mol. The van der Waals surface area contributed by atoms with Gasteiger partial charge in [-0.3, -0.25) is 13.9 Å². The third kappa shape index (κ3) is 2.33. The summed E-state index contributed by atoms with van der Waals surface area (Å²) < 4.78 is 9.93. The molecule has 4 heterocycles. The number of aromatic nitrogens is 4. The van der Waals surface area contributed by atoms with Crippen molar-refractivity contribution in [1.29, 1.82) is 0 Å². The normalized spacial score (nSPS) is 13.6. The Balaban J connectivity index is 1.89. The number of aryl methyl sites for hydroxylation is 1. The van der Waals surface area contributed by atoms with Crippen molar-refractivity contribution in [3.63, 3.8) is 0 Å². The average Bonchev–Trinajstić information content (AvgIpc) is 3.27. The average molecular weight is 341 g/mol. The maximum Gasteiger partial charge on any atom is 0.332 e. The molecule has 0 fully saturated rings. The number of rotatable bonds is 4. The quantitative estimate of drug-likeness (QED) is 0.664. The van der Waals surface area contributed by atoms with Crippen LogP contribution in [0, 0.1) is 0 Å². The highest BCUT2D eigenvalue weighted by Gasteiger charge is 2.28. The fourth-order valence-corrected chi connectivity index (χ4v) is 3.28. The number of nitrogens with zero attached hydrogens (tertiary/aromatic N) is 5. The van der Waals surface area contributed by atoms with E-state index in [1.807, 2.05) is 21.6 Å². The first-order valence-corrected chi connectivity index (χ1v) is 8.09. The summed E-state index contributed by atoms with van der Waals surface area (Å²) in [7, 11) is 1.64. The van der Waals surface area contributed by atoms with Crippen LogP contribution in [0.2, 0.25) is 0 Å². The van der Waals surface area contributed by atoms with Crippen LogP contribution in [-0.4, -0.2) is 25.2 Å². The summed E-state index contributed by atoms with van der Waals surface area (Å²) in [5.41, 5.74) is 0.918. The third-order valence-electron chi connectivity index (χ3n) is 4.44. The van der Waals surface area contributed by atoms with Gasteiger partial charge in [0.15, 0.2) is 11.2 Å². The van der Waals surface area contributed by atoms with Crippen LogP contribution in [-0.2, 0) is 26.7 Å². The van der Waals surface area contributed by atoms with Gasteiger partial charge in [0.05, 0.1) is 19.4 Å². The van der Waals surface area contributed by atoms with E-state index in [9.17, 15) is 9.59 Å². The van der Waals surface area contributed by atoms with Gasteiger partial charge in [-0.05, 0) is 19.1 Å². The van der Waals surface area contributed by atoms with E-state index in [1.54, 1.807) is 20.2 Å². The molecular formula is C17H19N5O3. The van der Waals surface area contributed by atoms with Crippen LogP contribution in [0.4, 0.5) is 5.95 Å². The van der Waals surface area contributed by atoms with Crippen molar-refractivity contribution in [3.8, 4) is 0 Å². The molecule has 0 saturated heterocycles. The predicted molar refractivity (Wildman–Crippen MR) is 93.8 cm³/mol. The molecule has 4 rings (SSSR count). The predicted octanol–water partition coefficient (Wildman–Crippen LogP) is 1.09. The zero-order valence-electron chi connectivity index (χ0n) is 14.2. The highest BCUT2D eigenvalue weighted by Crippen LogP contribution is 2.26. The second-order valence-corrected chi connectivity index (χ2v) is 6.43. The summed E-state index contributed by atoms with van der Waals surface area (Å²) in [6, 6.07) is 3.75. The summed E-state index contributed by atoms with van der Waals surface area (Å²) in [6.45, 7) is 7.76. The van der Waals surface area contributed by atoms with Crippen LogP contribution >= 0.6 is 0 Å². The SMILES string of the molecule is C=C(C)Cn1c(=O)c2c(nc3n2CCN3Cc2ccco2)n(C)c1=O. The molecule has 8 nitrogen and oxygen atoms in total. The largest absolute Gasteiger partial charge is 0.467 e. The van der Waals surface area contributed by atoms with E-state index in [4.69, 9.17) is 4.42 Å². The number of imidazole rings is 1. The maximum atomic E-state index is 12.9. The molecule has 0 saturated carbocycles. The van der Waals surface area contributed by atoms with Gasteiger partial charge in [-0.15, -0.1) is 0 Å². The van der Waals surface area contributed by atoms with Gasteiger partial charge < -0.3 is 13.9 Å². The molecule has 0 atom stereocenters. The lowest BCUT2D eigenvalue weighted by atomic mass is 10.3. The first-order chi connectivity index (χ1) is 12.0. The highest BCUT2D eigenvalue weighted by molar-refractivity contribution is 5.75. The second-order valence-electron chi connectivity index (χ2n) is 6.43. The number of fused-ring (bicyclic) bond motifs is 3. The molecule has 0 unspecified atom stereocenters. The Morgan fingerprint density at radius 2 is 2.16 bits per heavy atom. The standard InChI is InChI=1S/C17H19N5O3/c1-11(2)9-22-15(23)13-14(19(3)17(22)24)18-16-20(6-7-21(13)16)10-12-5-4-8-25-12/h4-5,8H,1,6-7,9-10H2,2-3H3. The van der Waals surface area contributed by atoms with Gasteiger partial charge in [0, 0.05) is 20.1 Å². The molecule has 0 N–H and O–H groups in total. The van der Waals surface area contributed by atoms with Crippen molar-refractivity contribution in [2.45, 2.75) is 26.6 Å². The Bertz CT molecular complexity index is 1080. The summed E-state index contributed by atoms with van der Waals surface area (Å²) in [4.78, 5) is 32.0. The molecule has 0 aliphatic carbocycles. The molecule has 25 heavy (non-hydrogen) atoms. The number of furan rings is 1. The fourth-order valence-electron chi connectivity index (χ4n) is 3.28. The molecule has 3 aromatic heterocycles. The molecule has 1 aliphatic rings. The van der Waals surface area contributed by atoms with Crippen LogP contribution in [0.15, 0.2) is 44.6 Å². The smallest absolute Gasteiger partial charge is 0.332 e. The molecule has 8 heteroatoms. The van der Waals surface area contributed by atoms with E-state index in [0.717, 1.165) is 17.9 Å². The first-order valence-electron chi connectivity index (χ1n) is 8.09. The van der Waals surface area contributed by atoms with Crippen molar-refractivity contribution < 1.29 is 4.42 Å². The van der Waals surface area contributed by atoms with Crippen molar-refractivity contribution >= 4 is 17.1 Å². The van der Waals surface area contributed by atoms with Gasteiger partial charge in [0.2, 0.25) is 5.95 Å². The molecule has 0 bridgehead atoms. The topological polar surface area (TPSA) is 78.2 Å². The molecule has 3 aromatic rings. The number of anilines is 1. The third-order valence-corrected chi connectivity index (χ3v) is 4.44. The monoisotopic (exact) mass is 341 g/mol. The Labute approximate surface area is 143 Å². The number of allylic oxidation sites excluding steroid dienone is 1. The molecule has 0 amide bonds.